The van der Waals surface area contributed by atoms with Gasteiger partial charge in [-0.2, -0.15) is 13.2 Å². The zero-order chi connectivity index (χ0) is 13.1. The van der Waals surface area contributed by atoms with Crippen LogP contribution in [0.3, 0.4) is 0 Å². The third-order valence-corrected chi connectivity index (χ3v) is 3.68. The monoisotopic (exact) mass is 259 g/mol. The number of nitrogens with one attached hydrogen (secondary N) is 1. The van der Waals surface area contributed by atoms with Crippen molar-refractivity contribution in [2.24, 2.45) is 0 Å². The van der Waals surface area contributed by atoms with Crippen molar-refractivity contribution in [3.63, 3.8) is 0 Å². The molecule has 0 unspecified atom stereocenters. The number of hydrogen-bond donors (Lipinski definition) is 1. The summed E-state index contributed by atoms with van der Waals surface area (Å²) in [6.07, 6.45) is -5.49. The van der Waals surface area contributed by atoms with Gasteiger partial charge in [0.25, 0.3) is 5.91 Å². The molecule has 1 amide bonds. The summed E-state index contributed by atoms with van der Waals surface area (Å²) in [5, 5.41) is 2.52. The van der Waals surface area contributed by atoms with Crippen LogP contribution in [0.25, 0.3) is 0 Å². The maximum absolute atomic E-state index is 13.5. The largest absolute Gasteiger partial charge is 0.416 e. The first-order valence-electron chi connectivity index (χ1n) is 5.48. The second kappa shape index (κ2) is 3.24. The van der Waals surface area contributed by atoms with Gasteiger partial charge in [0.2, 0.25) is 0 Å². The van der Waals surface area contributed by atoms with Crippen LogP contribution in [0, 0.1) is 0 Å². The SMILES string of the molecule is O=C1NC[C@]2(C[C@H]2F)c2cc(C(F)(F)F)ccc21. The molecule has 1 fully saturated rings. The van der Waals surface area contributed by atoms with Crippen LogP contribution in [0.4, 0.5) is 17.6 Å². The molecular weight excluding hydrogens is 250 g/mol. The molecule has 2 nitrogen and oxygen atoms in total. The van der Waals surface area contributed by atoms with Crippen molar-refractivity contribution in [2.45, 2.75) is 24.2 Å². The fourth-order valence-corrected chi connectivity index (χ4v) is 2.48. The van der Waals surface area contributed by atoms with Gasteiger partial charge in [0.15, 0.2) is 0 Å². The maximum Gasteiger partial charge on any atom is 0.416 e. The van der Waals surface area contributed by atoms with Gasteiger partial charge in [-0.1, -0.05) is 0 Å². The summed E-state index contributed by atoms with van der Waals surface area (Å²) in [5.74, 6) is -0.441. The van der Waals surface area contributed by atoms with Crippen LogP contribution in [-0.4, -0.2) is 18.6 Å². The molecule has 1 heterocycles. The fourth-order valence-electron chi connectivity index (χ4n) is 2.48. The molecule has 2 aliphatic rings. The van der Waals surface area contributed by atoms with Gasteiger partial charge in [0.05, 0.1) is 5.56 Å². The molecular formula is C12H9F4NO. The Labute approximate surface area is 100.0 Å². The first-order valence-corrected chi connectivity index (χ1v) is 5.48. The van der Waals surface area contributed by atoms with E-state index in [1.54, 1.807) is 0 Å². The van der Waals surface area contributed by atoms with E-state index in [1.807, 2.05) is 0 Å². The van der Waals surface area contributed by atoms with E-state index in [0.717, 1.165) is 18.2 Å². The molecule has 0 bridgehead atoms. The lowest BCUT2D eigenvalue weighted by Gasteiger charge is -2.26. The minimum absolute atomic E-state index is 0.0707. The number of halogens is 4. The van der Waals surface area contributed by atoms with Crippen molar-refractivity contribution >= 4 is 5.91 Å². The number of benzene rings is 1. The average Bonchev–Trinajstić information content (AvgIpc) is 2.95. The summed E-state index contributed by atoms with van der Waals surface area (Å²) in [6.45, 7) is 0.0707. The lowest BCUT2D eigenvalue weighted by atomic mass is 9.86. The molecule has 1 aromatic carbocycles. The summed E-state index contributed by atoms with van der Waals surface area (Å²) in [7, 11) is 0. The molecule has 3 rings (SSSR count). The van der Waals surface area contributed by atoms with Gasteiger partial charge in [0.1, 0.15) is 6.17 Å². The van der Waals surface area contributed by atoms with E-state index in [0.29, 0.717) is 0 Å². The molecule has 1 spiro atoms. The highest BCUT2D eigenvalue weighted by Crippen LogP contribution is 2.53. The first kappa shape index (κ1) is 11.5. The zero-order valence-corrected chi connectivity index (χ0v) is 9.14. The van der Waals surface area contributed by atoms with Gasteiger partial charge in [0, 0.05) is 17.5 Å². The van der Waals surface area contributed by atoms with Gasteiger partial charge in [-0.3, -0.25) is 4.79 Å². The number of carbonyl (C=O) groups is 1. The molecule has 0 radical (unpaired) electrons. The van der Waals surface area contributed by atoms with E-state index in [9.17, 15) is 22.4 Å². The number of fused-ring (bicyclic) bond motifs is 2. The number of carbonyl (C=O) groups excluding carboxylic acids is 1. The molecule has 2 atom stereocenters. The molecule has 6 heteroatoms. The third kappa shape index (κ3) is 1.44. The third-order valence-electron chi connectivity index (χ3n) is 3.68. The van der Waals surface area contributed by atoms with Crippen LogP contribution in [0.2, 0.25) is 0 Å². The van der Waals surface area contributed by atoms with E-state index >= 15 is 0 Å². The van der Waals surface area contributed by atoms with Gasteiger partial charge in [-0.25, -0.2) is 4.39 Å². The fraction of sp³-hybridized carbons (Fsp3) is 0.417. The molecule has 1 saturated carbocycles. The molecule has 1 aromatic rings. The predicted octanol–water partition coefficient (Wildman–Crippen LogP) is 2.43. The Bertz CT molecular complexity index is 539. The van der Waals surface area contributed by atoms with Crippen molar-refractivity contribution in [3.05, 3.63) is 34.9 Å². The molecule has 18 heavy (non-hydrogen) atoms. The van der Waals surface area contributed by atoms with E-state index in [-0.39, 0.29) is 24.1 Å². The second-order valence-electron chi connectivity index (χ2n) is 4.77. The summed E-state index contributed by atoms with van der Waals surface area (Å²) in [5.41, 5.74) is -1.44. The van der Waals surface area contributed by atoms with Gasteiger partial charge in [-0.05, 0) is 30.2 Å². The summed E-state index contributed by atoms with van der Waals surface area (Å²) >= 11 is 0. The van der Waals surface area contributed by atoms with Crippen LogP contribution in [0.5, 0.6) is 0 Å². The van der Waals surface area contributed by atoms with Crippen molar-refractivity contribution in [1.82, 2.24) is 5.32 Å². The Hall–Kier alpha value is -1.59. The van der Waals surface area contributed by atoms with Crippen molar-refractivity contribution < 1.29 is 22.4 Å². The highest BCUT2D eigenvalue weighted by atomic mass is 19.4. The Morgan fingerprint density at radius 2 is 2.00 bits per heavy atom. The number of amides is 1. The van der Waals surface area contributed by atoms with Crippen LogP contribution in [0.1, 0.15) is 27.9 Å². The summed E-state index contributed by atoms with van der Waals surface area (Å²) < 4.78 is 51.3. The van der Waals surface area contributed by atoms with Crippen LogP contribution >= 0.6 is 0 Å². The normalized spacial score (nSPS) is 30.0. The molecule has 0 aromatic heterocycles. The van der Waals surface area contributed by atoms with E-state index in [2.05, 4.69) is 5.32 Å². The smallest absolute Gasteiger partial charge is 0.351 e. The molecule has 1 aliphatic carbocycles. The standard InChI is InChI=1S/C12H9F4NO/c13-9-4-11(9)5-17-10(18)7-2-1-6(3-8(7)11)12(14,15)16/h1-3,9H,4-5H2,(H,17,18)/t9-,11-/m1/s1. The minimum atomic E-state index is -4.48. The number of rotatable bonds is 0. The topological polar surface area (TPSA) is 29.1 Å². The molecule has 1 aliphatic heterocycles. The van der Waals surface area contributed by atoms with Crippen molar-refractivity contribution in [1.29, 1.82) is 0 Å². The van der Waals surface area contributed by atoms with Crippen molar-refractivity contribution in [2.75, 3.05) is 6.54 Å². The first-order chi connectivity index (χ1) is 8.34. The summed E-state index contributed by atoms with van der Waals surface area (Å²) in [6, 6.07) is 2.89. The highest BCUT2D eigenvalue weighted by molar-refractivity contribution is 5.98. The molecule has 1 N–H and O–H groups in total. The number of alkyl halides is 4. The van der Waals surface area contributed by atoms with E-state index in [4.69, 9.17) is 0 Å². The second-order valence-corrected chi connectivity index (χ2v) is 4.77. The lowest BCUT2D eigenvalue weighted by molar-refractivity contribution is -0.137. The Morgan fingerprint density at radius 3 is 2.56 bits per heavy atom. The zero-order valence-electron chi connectivity index (χ0n) is 9.14. The van der Waals surface area contributed by atoms with E-state index in [1.165, 1.54) is 0 Å². The Balaban J connectivity index is 2.15. The van der Waals surface area contributed by atoms with Crippen LogP contribution < -0.4 is 5.32 Å². The lowest BCUT2D eigenvalue weighted by Crippen LogP contribution is -2.40. The molecule has 0 saturated heterocycles. The number of hydrogen-bond acceptors (Lipinski definition) is 1. The van der Waals surface area contributed by atoms with Gasteiger partial charge < -0.3 is 5.32 Å². The van der Waals surface area contributed by atoms with Gasteiger partial charge >= 0.3 is 6.18 Å². The van der Waals surface area contributed by atoms with Crippen molar-refractivity contribution in [3.8, 4) is 0 Å². The quantitative estimate of drug-likeness (QED) is 0.712. The Kier molecular flexibility index (Phi) is 2.07. The summed E-state index contributed by atoms with van der Waals surface area (Å²) in [4.78, 5) is 11.6. The predicted molar refractivity (Wildman–Crippen MR) is 55.0 cm³/mol. The Morgan fingerprint density at radius 1 is 1.33 bits per heavy atom. The maximum atomic E-state index is 13.5. The highest BCUT2D eigenvalue weighted by Gasteiger charge is 2.59. The van der Waals surface area contributed by atoms with Crippen LogP contribution in [0.15, 0.2) is 18.2 Å². The van der Waals surface area contributed by atoms with Crippen LogP contribution in [-0.2, 0) is 11.6 Å². The van der Waals surface area contributed by atoms with Gasteiger partial charge in [-0.15, -0.1) is 0 Å². The minimum Gasteiger partial charge on any atom is -0.351 e. The molecule has 96 valence electrons. The average molecular weight is 259 g/mol. The van der Waals surface area contributed by atoms with E-state index < -0.39 is 29.2 Å².